The molecule has 378 valence electrons. The maximum atomic E-state index is 14.1. The molecule has 3 heterocycles. The van der Waals surface area contributed by atoms with E-state index in [2.05, 4.69) is 20.4 Å². The lowest BCUT2D eigenvalue weighted by atomic mass is 9.81. The summed E-state index contributed by atoms with van der Waals surface area (Å²) in [5.41, 5.74) is 1.69. The Kier molecular flexibility index (Phi) is 23.9. The van der Waals surface area contributed by atoms with E-state index in [4.69, 9.17) is 33.2 Å². The number of hydrogen-bond acceptors (Lipinski definition) is 15. The highest BCUT2D eigenvalue weighted by atomic mass is 32.2. The highest BCUT2D eigenvalue weighted by Gasteiger charge is 2.41. The van der Waals surface area contributed by atoms with Crippen molar-refractivity contribution in [3.63, 3.8) is 0 Å². The predicted octanol–water partition coefficient (Wildman–Crippen LogP) is 6.21. The third-order valence-electron chi connectivity index (χ3n) is 13.9. The number of likely N-dealkylation sites (tertiary alicyclic amines) is 1. The first kappa shape index (κ1) is 56.3. The summed E-state index contributed by atoms with van der Waals surface area (Å²) < 4.78 is 41.3. The smallest absolute Gasteiger partial charge is 0.329 e. The molecule has 3 saturated heterocycles. The van der Waals surface area contributed by atoms with Crippen LogP contribution in [0.1, 0.15) is 112 Å². The fourth-order valence-electron chi connectivity index (χ4n) is 10.2. The third kappa shape index (κ3) is 16.7. The second-order valence-electron chi connectivity index (χ2n) is 19.3. The average Bonchev–Trinajstić information content (AvgIpc) is 3.74. The van der Waals surface area contributed by atoms with Gasteiger partial charge in [-0.3, -0.25) is 24.0 Å². The van der Waals surface area contributed by atoms with E-state index in [1.807, 2.05) is 26.0 Å². The number of rotatable bonds is 27. The number of amides is 1. The van der Waals surface area contributed by atoms with Crippen molar-refractivity contribution in [1.29, 1.82) is 0 Å². The minimum atomic E-state index is -1.24. The summed E-state index contributed by atoms with van der Waals surface area (Å²) in [4.78, 5) is 77.5. The molecule has 67 heavy (non-hydrogen) atoms. The summed E-state index contributed by atoms with van der Waals surface area (Å²) in [5, 5.41) is 11.7. The number of nitrogens with zero attached hydrogens (tertiary/aromatic N) is 1. The molecule has 1 aliphatic carbocycles. The lowest BCUT2D eigenvalue weighted by Gasteiger charge is -2.38. The van der Waals surface area contributed by atoms with Crippen molar-refractivity contribution in [2.24, 2.45) is 29.6 Å². The number of esters is 2. The number of aliphatic hydroxyl groups excluding tert-OH is 1. The maximum absolute atomic E-state index is 14.1. The van der Waals surface area contributed by atoms with Gasteiger partial charge in [-0.15, -0.1) is 18.3 Å². The predicted molar refractivity (Wildman–Crippen MR) is 254 cm³/mol. The first-order valence-electron chi connectivity index (χ1n) is 24.3. The van der Waals surface area contributed by atoms with Crippen LogP contribution in [-0.2, 0) is 61.9 Å². The standard InChI is InChI=1S/C51H79NO14S/c1-10-13-37(23-31(2)22-32(3)24-44(61-8)48-45(62-9)25-33(4)30-65-48)40(55)28-39(54)35(6)47(66-50(58)38-14-11-12-18-52(38)49(57)41(56)29-53)34(5)26-36-15-16-42(43(27-36)60-7)63-20-21-67-46-17-19-64-51(46)59/h10,23,26,29,32-33,35-39,42-48,54H,1,11-22,24-25,27-28,30H2,2-9H3/b31-23+,34-26+/t32-,33+,35+,36-,37+,38-,39-,42+,43+,44-,45-,46?,47+,48?/m0/s1. The number of piperidine rings is 1. The Morgan fingerprint density at radius 2 is 1.73 bits per heavy atom. The Morgan fingerprint density at radius 1 is 0.985 bits per heavy atom. The van der Waals surface area contributed by atoms with Crippen molar-refractivity contribution in [3.8, 4) is 0 Å². The van der Waals surface area contributed by atoms with Crippen LogP contribution in [0.15, 0.2) is 36.0 Å². The number of ketones is 2. The van der Waals surface area contributed by atoms with E-state index in [0.29, 0.717) is 75.6 Å². The molecule has 1 saturated carbocycles. The molecule has 3 aliphatic heterocycles. The number of hydrogen-bond donors (Lipinski definition) is 1. The van der Waals surface area contributed by atoms with Gasteiger partial charge in [0, 0.05) is 64.9 Å². The monoisotopic (exact) mass is 962 g/mol. The van der Waals surface area contributed by atoms with Gasteiger partial charge in [0.25, 0.3) is 11.7 Å². The van der Waals surface area contributed by atoms with Gasteiger partial charge in [0.05, 0.1) is 43.7 Å². The lowest BCUT2D eigenvalue weighted by molar-refractivity contribution is -0.164. The van der Waals surface area contributed by atoms with Crippen LogP contribution in [0.3, 0.4) is 0 Å². The van der Waals surface area contributed by atoms with Gasteiger partial charge in [0.2, 0.25) is 0 Å². The van der Waals surface area contributed by atoms with Crippen LogP contribution >= 0.6 is 11.8 Å². The van der Waals surface area contributed by atoms with E-state index >= 15 is 0 Å². The number of carbonyl (C=O) groups excluding carboxylic acids is 6. The summed E-state index contributed by atoms with van der Waals surface area (Å²) >= 11 is 1.54. The SMILES string of the molecule is C=CC[C@H](/C=C(\C)C[C@H](C)C[C@H](OC)C1OC[C@H](C)C[C@@H]1OC)C(=O)C[C@H](O)[C@@H](C)[C@H](OC(=O)[C@@H]1CCCCN1C(=O)C(=O)C=O)/C(C)=C/[C@@H]1CC[C@@H](OCCSC2CCOC2=O)[C@H](OC)C1. The molecular weight excluding hydrogens is 883 g/mol. The summed E-state index contributed by atoms with van der Waals surface area (Å²) in [7, 11) is 5.06. The molecule has 2 unspecified atom stereocenters. The van der Waals surface area contributed by atoms with Crippen molar-refractivity contribution in [2.45, 2.75) is 166 Å². The van der Waals surface area contributed by atoms with Crippen LogP contribution in [-0.4, -0.2) is 153 Å². The van der Waals surface area contributed by atoms with Crippen molar-refractivity contribution < 1.29 is 67.0 Å². The molecule has 1 amide bonds. The third-order valence-corrected chi connectivity index (χ3v) is 15.1. The second-order valence-corrected chi connectivity index (χ2v) is 20.6. The van der Waals surface area contributed by atoms with Crippen LogP contribution < -0.4 is 0 Å². The second kappa shape index (κ2) is 28.4. The largest absolute Gasteiger partial charge is 0.465 e. The summed E-state index contributed by atoms with van der Waals surface area (Å²) in [6.45, 7) is 15.5. The molecule has 1 N–H and O–H groups in total. The first-order chi connectivity index (χ1) is 32.0. The number of ether oxygens (including phenoxy) is 7. The molecule has 4 rings (SSSR count). The molecule has 0 radical (unpaired) electrons. The molecular formula is C51H79NO14S. The van der Waals surface area contributed by atoms with Gasteiger partial charge in [-0.1, -0.05) is 44.6 Å². The molecule has 15 nitrogen and oxygen atoms in total. The fourth-order valence-corrected chi connectivity index (χ4v) is 11.2. The minimum absolute atomic E-state index is 0.00419. The molecule has 0 bridgehead atoms. The topological polar surface area (TPSA) is 190 Å². The van der Waals surface area contributed by atoms with Crippen LogP contribution in [0.4, 0.5) is 0 Å². The van der Waals surface area contributed by atoms with Gasteiger partial charge in [0.1, 0.15) is 29.3 Å². The molecule has 0 aromatic carbocycles. The zero-order valence-electron chi connectivity index (χ0n) is 41.2. The number of aliphatic hydroxyl groups is 1. The molecule has 0 spiro atoms. The van der Waals surface area contributed by atoms with Crippen molar-refractivity contribution in [1.82, 2.24) is 4.90 Å². The number of allylic oxidation sites excluding steroid dienone is 4. The molecule has 0 aromatic heterocycles. The number of Topliss-reactive ketones (excluding diaryl/α,β-unsaturated/α-hetero) is 2. The van der Waals surface area contributed by atoms with E-state index in [9.17, 15) is 33.9 Å². The first-order valence-corrected chi connectivity index (χ1v) is 25.4. The van der Waals surface area contributed by atoms with Crippen molar-refractivity contribution in [2.75, 3.05) is 53.4 Å². The molecule has 4 aliphatic rings. The Labute approximate surface area is 402 Å². The van der Waals surface area contributed by atoms with Crippen LogP contribution in [0, 0.1) is 29.6 Å². The van der Waals surface area contributed by atoms with E-state index in [1.165, 1.54) is 11.8 Å². The van der Waals surface area contributed by atoms with Crippen molar-refractivity contribution in [3.05, 3.63) is 36.0 Å². The van der Waals surface area contributed by atoms with E-state index < -0.39 is 47.7 Å². The van der Waals surface area contributed by atoms with Gasteiger partial charge in [-0.25, -0.2) is 4.79 Å². The maximum Gasteiger partial charge on any atom is 0.329 e. The summed E-state index contributed by atoms with van der Waals surface area (Å²) in [5.74, 6) is -3.43. The van der Waals surface area contributed by atoms with Crippen molar-refractivity contribution >= 4 is 47.5 Å². The Hall–Kier alpha value is -3.25. The molecule has 14 atom stereocenters. The van der Waals surface area contributed by atoms with Gasteiger partial charge >= 0.3 is 11.9 Å². The van der Waals surface area contributed by atoms with Gasteiger partial charge in [0.15, 0.2) is 6.29 Å². The number of carbonyl (C=O) groups is 6. The number of methoxy groups -OCH3 is 3. The zero-order valence-corrected chi connectivity index (χ0v) is 42.0. The van der Waals surface area contributed by atoms with E-state index in [-0.39, 0.29) is 85.0 Å². The zero-order chi connectivity index (χ0) is 49.2. The molecule has 0 aromatic rings. The Balaban J connectivity index is 1.47. The van der Waals surface area contributed by atoms with Crippen LogP contribution in [0.25, 0.3) is 0 Å². The number of thioether (sulfide) groups is 1. The molecule has 4 fully saturated rings. The summed E-state index contributed by atoms with van der Waals surface area (Å²) in [6, 6.07) is -1.10. The van der Waals surface area contributed by atoms with E-state index in [1.54, 1.807) is 34.3 Å². The van der Waals surface area contributed by atoms with E-state index in [0.717, 1.165) is 36.2 Å². The normalized spacial score (nSPS) is 28.9. The Bertz CT molecular complexity index is 1720. The van der Waals surface area contributed by atoms with Gasteiger partial charge in [-0.2, -0.15) is 0 Å². The highest BCUT2D eigenvalue weighted by molar-refractivity contribution is 8.00. The minimum Gasteiger partial charge on any atom is -0.465 e. The average molecular weight is 962 g/mol. The fraction of sp³-hybridized carbons (Fsp3) is 0.765. The number of cyclic esters (lactones) is 1. The number of aldehydes is 1. The van der Waals surface area contributed by atoms with Crippen LogP contribution in [0.5, 0.6) is 0 Å². The van der Waals surface area contributed by atoms with Gasteiger partial charge in [-0.05, 0) is 101 Å². The highest BCUT2D eigenvalue weighted by Crippen LogP contribution is 2.34. The summed E-state index contributed by atoms with van der Waals surface area (Å²) in [6.07, 6.45) is 9.40. The quantitative estimate of drug-likeness (QED) is 0.0244. The lowest BCUT2D eigenvalue weighted by Crippen LogP contribution is -2.52. The van der Waals surface area contributed by atoms with Crippen LogP contribution in [0.2, 0.25) is 0 Å². The molecule has 16 heteroatoms. The Morgan fingerprint density at radius 3 is 2.39 bits per heavy atom. The van der Waals surface area contributed by atoms with Gasteiger partial charge < -0.3 is 43.2 Å².